The minimum Gasteiger partial charge on any atom is -0.289 e. The number of anilines is 1. The first-order valence-electron chi connectivity index (χ1n) is 7.69. The van der Waals surface area contributed by atoms with E-state index in [1.807, 2.05) is 0 Å². The smallest absolute Gasteiger partial charge is 0.266 e. The van der Waals surface area contributed by atoms with Gasteiger partial charge in [-0.3, -0.25) is 19.4 Å². The Morgan fingerprint density at radius 2 is 1.24 bits per heavy atom. The van der Waals surface area contributed by atoms with Crippen molar-refractivity contribution >= 4 is 23.3 Å². The molecule has 1 aliphatic rings. The molecule has 2 heterocycles. The first-order valence-corrected chi connectivity index (χ1v) is 7.69. The Balaban J connectivity index is 1.65. The Bertz CT molecular complexity index is 960. The molecule has 25 heavy (non-hydrogen) atoms. The number of benzene rings is 2. The van der Waals surface area contributed by atoms with Crippen LogP contribution in [-0.2, 0) is 0 Å². The quantitative estimate of drug-likeness (QED) is 0.547. The van der Waals surface area contributed by atoms with Gasteiger partial charge >= 0.3 is 0 Å². The molecule has 120 valence electrons. The zero-order valence-corrected chi connectivity index (χ0v) is 13.0. The van der Waals surface area contributed by atoms with Crippen LogP contribution in [0.5, 0.6) is 0 Å². The second-order valence-corrected chi connectivity index (χ2v) is 5.60. The lowest BCUT2D eigenvalue weighted by atomic mass is 10.0. The number of rotatable bonds is 3. The Hall–Kier alpha value is -3.60. The topological polar surface area (TPSA) is 67.3 Å². The lowest BCUT2D eigenvalue weighted by molar-refractivity contribution is 0.0925. The highest BCUT2D eigenvalue weighted by Crippen LogP contribution is 2.28. The molecule has 0 fully saturated rings. The Morgan fingerprint density at radius 3 is 1.80 bits per heavy atom. The van der Waals surface area contributed by atoms with Crippen molar-refractivity contribution in [2.75, 3.05) is 4.90 Å². The molecule has 1 aromatic heterocycles. The van der Waals surface area contributed by atoms with E-state index in [-0.39, 0.29) is 17.6 Å². The fraction of sp³-hybridized carbons (Fsp3) is 0. The normalized spacial score (nSPS) is 13.0. The van der Waals surface area contributed by atoms with Crippen LogP contribution in [0.1, 0.15) is 36.6 Å². The monoisotopic (exact) mass is 328 g/mol. The molecule has 0 atom stereocenters. The van der Waals surface area contributed by atoms with Gasteiger partial charge < -0.3 is 0 Å². The summed E-state index contributed by atoms with van der Waals surface area (Å²) in [5.41, 5.74) is 2.24. The number of pyridine rings is 1. The molecular weight excluding hydrogens is 316 g/mol. The van der Waals surface area contributed by atoms with Crippen LogP contribution in [0.25, 0.3) is 0 Å². The van der Waals surface area contributed by atoms with Crippen molar-refractivity contribution in [2.24, 2.45) is 0 Å². The van der Waals surface area contributed by atoms with E-state index in [0.29, 0.717) is 27.9 Å². The van der Waals surface area contributed by atoms with Crippen molar-refractivity contribution in [3.8, 4) is 0 Å². The van der Waals surface area contributed by atoms with Crippen LogP contribution in [0.4, 0.5) is 5.69 Å². The van der Waals surface area contributed by atoms with Crippen LogP contribution in [-0.4, -0.2) is 22.6 Å². The molecule has 2 amide bonds. The van der Waals surface area contributed by atoms with Crippen molar-refractivity contribution < 1.29 is 14.4 Å². The first kappa shape index (κ1) is 15.0. The summed E-state index contributed by atoms with van der Waals surface area (Å²) in [4.78, 5) is 42.4. The minimum absolute atomic E-state index is 0.142. The van der Waals surface area contributed by atoms with Gasteiger partial charge in [-0.2, -0.15) is 0 Å². The highest BCUT2D eigenvalue weighted by atomic mass is 16.2. The average molecular weight is 328 g/mol. The van der Waals surface area contributed by atoms with Crippen LogP contribution < -0.4 is 4.90 Å². The fourth-order valence-electron chi connectivity index (χ4n) is 2.86. The third-order valence-corrected chi connectivity index (χ3v) is 4.12. The average Bonchev–Trinajstić information content (AvgIpc) is 2.93. The zero-order chi connectivity index (χ0) is 17.4. The first-order chi connectivity index (χ1) is 12.2. The van der Waals surface area contributed by atoms with Gasteiger partial charge in [0.1, 0.15) is 0 Å². The third-order valence-electron chi connectivity index (χ3n) is 4.12. The summed E-state index contributed by atoms with van der Waals surface area (Å²) in [5.74, 6) is -0.848. The van der Waals surface area contributed by atoms with Gasteiger partial charge in [-0.25, -0.2) is 4.90 Å². The van der Waals surface area contributed by atoms with E-state index < -0.39 is 0 Å². The van der Waals surface area contributed by atoms with E-state index in [0.717, 1.165) is 4.90 Å². The molecule has 0 spiro atoms. The van der Waals surface area contributed by atoms with Crippen LogP contribution >= 0.6 is 0 Å². The van der Waals surface area contributed by atoms with Gasteiger partial charge in [-0.15, -0.1) is 0 Å². The number of imide groups is 1. The van der Waals surface area contributed by atoms with Gasteiger partial charge in [0.2, 0.25) is 0 Å². The van der Waals surface area contributed by atoms with Crippen molar-refractivity contribution in [3.63, 3.8) is 0 Å². The number of hydrogen-bond acceptors (Lipinski definition) is 4. The van der Waals surface area contributed by atoms with Gasteiger partial charge in [0, 0.05) is 23.5 Å². The number of nitrogens with zero attached hydrogens (tertiary/aromatic N) is 2. The summed E-state index contributed by atoms with van der Waals surface area (Å²) in [6, 6.07) is 16.4. The van der Waals surface area contributed by atoms with E-state index >= 15 is 0 Å². The molecular formula is C20H12N2O3. The molecule has 0 radical (unpaired) electrons. The van der Waals surface area contributed by atoms with Crippen molar-refractivity contribution in [1.29, 1.82) is 0 Å². The van der Waals surface area contributed by atoms with Gasteiger partial charge in [0.05, 0.1) is 16.8 Å². The number of fused-ring (bicyclic) bond motifs is 1. The summed E-state index contributed by atoms with van der Waals surface area (Å²) in [6.07, 6.45) is 3.11. The molecule has 2 aromatic carbocycles. The molecule has 0 saturated carbocycles. The van der Waals surface area contributed by atoms with E-state index in [9.17, 15) is 14.4 Å². The van der Waals surface area contributed by atoms with Crippen LogP contribution in [0, 0.1) is 0 Å². The van der Waals surface area contributed by atoms with Crippen molar-refractivity contribution in [1.82, 2.24) is 4.98 Å². The number of carbonyl (C=O) groups excluding carboxylic acids is 3. The Kier molecular flexibility index (Phi) is 3.47. The maximum absolute atomic E-state index is 12.5. The predicted molar refractivity (Wildman–Crippen MR) is 91.7 cm³/mol. The van der Waals surface area contributed by atoms with Gasteiger partial charge in [-0.1, -0.05) is 12.1 Å². The number of ketones is 1. The lowest BCUT2D eigenvalue weighted by Crippen LogP contribution is -2.29. The molecule has 3 aromatic rings. The number of hydrogen-bond donors (Lipinski definition) is 0. The maximum atomic E-state index is 12.5. The van der Waals surface area contributed by atoms with Crippen LogP contribution in [0.15, 0.2) is 73.1 Å². The van der Waals surface area contributed by atoms with Gasteiger partial charge in [0.15, 0.2) is 5.78 Å². The minimum atomic E-state index is -0.353. The molecule has 1 aliphatic heterocycles. The van der Waals surface area contributed by atoms with Crippen LogP contribution in [0.3, 0.4) is 0 Å². The van der Waals surface area contributed by atoms with E-state index in [1.54, 1.807) is 73.1 Å². The highest BCUT2D eigenvalue weighted by Gasteiger charge is 2.36. The standard InChI is InChI=1S/C20H12N2O3/c23-18(14-9-11-21-12-10-14)13-5-7-15(8-6-13)22-19(24)16-3-1-2-4-17(16)20(22)25/h1-12H. The summed E-state index contributed by atoms with van der Waals surface area (Å²) < 4.78 is 0. The third kappa shape index (κ3) is 2.42. The summed E-state index contributed by atoms with van der Waals surface area (Å²) in [6.45, 7) is 0. The van der Waals surface area contributed by atoms with E-state index in [2.05, 4.69) is 4.98 Å². The second-order valence-electron chi connectivity index (χ2n) is 5.60. The summed E-state index contributed by atoms with van der Waals surface area (Å²) in [5, 5.41) is 0. The number of carbonyl (C=O) groups is 3. The molecule has 0 N–H and O–H groups in total. The molecule has 0 unspecified atom stereocenters. The lowest BCUT2D eigenvalue weighted by Gasteiger charge is -2.14. The number of aromatic nitrogens is 1. The Labute approximate surface area is 143 Å². The van der Waals surface area contributed by atoms with Crippen LogP contribution in [0.2, 0.25) is 0 Å². The largest absolute Gasteiger partial charge is 0.289 e. The fourth-order valence-corrected chi connectivity index (χ4v) is 2.86. The molecule has 5 nitrogen and oxygen atoms in total. The molecule has 0 saturated heterocycles. The zero-order valence-electron chi connectivity index (χ0n) is 13.0. The predicted octanol–water partition coefficient (Wildman–Crippen LogP) is 3.11. The number of amides is 2. The van der Waals surface area contributed by atoms with Gasteiger partial charge in [0.25, 0.3) is 11.8 Å². The second kappa shape index (κ2) is 5.79. The molecule has 5 heteroatoms. The van der Waals surface area contributed by atoms with Crippen molar-refractivity contribution in [3.05, 3.63) is 95.3 Å². The van der Waals surface area contributed by atoms with Crippen molar-refractivity contribution in [2.45, 2.75) is 0 Å². The molecule has 0 bridgehead atoms. The Morgan fingerprint density at radius 1 is 0.720 bits per heavy atom. The van der Waals surface area contributed by atoms with Gasteiger partial charge in [-0.05, 0) is 48.5 Å². The van der Waals surface area contributed by atoms with E-state index in [4.69, 9.17) is 0 Å². The van der Waals surface area contributed by atoms with E-state index in [1.165, 1.54) is 0 Å². The maximum Gasteiger partial charge on any atom is 0.266 e. The summed E-state index contributed by atoms with van der Waals surface area (Å²) in [7, 11) is 0. The SMILES string of the molecule is O=C(c1ccncc1)c1ccc(N2C(=O)c3ccccc3C2=O)cc1. The summed E-state index contributed by atoms with van der Waals surface area (Å²) >= 11 is 0. The molecule has 4 rings (SSSR count). The highest BCUT2D eigenvalue weighted by molar-refractivity contribution is 6.34. The molecule has 0 aliphatic carbocycles.